The number of benzene rings is 3. The van der Waals surface area contributed by atoms with Gasteiger partial charge in [0.1, 0.15) is 17.1 Å². The van der Waals surface area contributed by atoms with Gasteiger partial charge in [0.2, 0.25) is 6.41 Å². The molecule has 0 spiro atoms. The summed E-state index contributed by atoms with van der Waals surface area (Å²) in [6, 6.07) is 31.5. The maximum atomic E-state index is 11.3. The Hall–Kier alpha value is -5.87. The van der Waals surface area contributed by atoms with Gasteiger partial charge in [-0.15, -0.1) is 0 Å². The third-order valence-electron chi connectivity index (χ3n) is 9.42. The Labute approximate surface area is 284 Å². The summed E-state index contributed by atoms with van der Waals surface area (Å²) < 4.78 is 2.05. The monoisotopic (exact) mass is 651 g/mol. The molecule has 10 heteroatoms. The van der Waals surface area contributed by atoms with E-state index in [1.807, 2.05) is 65.2 Å². The van der Waals surface area contributed by atoms with E-state index in [0.717, 1.165) is 84.5 Å². The lowest BCUT2D eigenvalue weighted by molar-refractivity contribution is -0.109. The number of carbonyl (C=O) groups excluding carboxylic acids is 2. The van der Waals surface area contributed by atoms with Gasteiger partial charge in [0.05, 0.1) is 16.8 Å². The van der Waals surface area contributed by atoms with Gasteiger partial charge in [0.25, 0.3) is 0 Å². The number of nitrogen functional groups attached to an aromatic ring is 1. The van der Waals surface area contributed by atoms with E-state index in [-0.39, 0.29) is 11.2 Å². The van der Waals surface area contributed by atoms with Gasteiger partial charge >= 0.3 is 0 Å². The number of fused-ring (bicyclic) bond motifs is 1. The molecule has 246 valence electrons. The molecule has 49 heavy (non-hydrogen) atoms. The maximum Gasteiger partial charge on any atom is 0.207 e. The van der Waals surface area contributed by atoms with Crippen molar-refractivity contribution in [2.75, 3.05) is 25.4 Å². The number of aromatic nitrogens is 4. The van der Waals surface area contributed by atoms with Crippen molar-refractivity contribution in [1.29, 1.82) is 0 Å². The number of nitrogens with zero attached hydrogens (tertiary/aromatic N) is 5. The lowest BCUT2D eigenvalue weighted by atomic mass is 9.72. The van der Waals surface area contributed by atoms with Crippen LogP contribution in [-0.4, -0.2) is 61.9 Å². The van der Waals surface area contributed by atoms with Gasteiger partial charge in [-0.05, 0) is 84.3 Å². The van der Waals surface area contributed by atoms with E-state index < -0.39 is 0 Å². The second kappa shape index (κ2) is 13.7. The topological polar surface area (TPSA) is 139 Å². The molecule has 6 aromatic rings. The number of aromatic hydroxyl groups is 1. The number of nitrogens with two attached hydrogens (primary N) is 1. The van der Waals surface area contributed by atoms with Crippen LogP contribution in [0.5, 0.6) is 5.75 Å². The van der Waals surface area contributed by atoms with Crippen LogP contribution in [0.15, 0.2) is 103 Å². The number of phenolic OH excluding ortho intramolecular Hbond substituents is 1. The van der Waals surface area contributed by atoms with E-state index >= 15 is 0 Å². The van der Waals surface area contributed by atoms with E-state index in [2.05, 4.69) is 39.5 Å². The van der Waals surface area contributed by atoms with Gasteiger partial charge in [-0.2, -0.15) is 0 Å². The summed E-state index contributed by atoms with van der Waals surface area (Å²) in [4.78, 5) is 39.1. The summed E-state index contributed by atoms with van der Waals surface area (Å²) in [5.74, 6) is 1.07. The highest BCUT2D eigenvalue weighted by Crippen LogP contribution is 2.40. The van der Waals surface area contributed by atoms with Crippen molar-refractivity contribution in [3.63, 3.8) is 0 Å². The van der Waals surface area contributed by atoms with Crippen LogP contribution in [0.4, 0.5) is 5.82 Å². The lowest BCUT2D eigenvalue weighted by Crippen LogP contribution is -2.56. The Morgan fingerprint density at radius 1 is 0.878 bits per heavy atom. The molecular formula is C39H37N7O3. The predicted molar refractivity (Wildman–Crippen MR) is 190 cm³/mol. The first-order valence-corrected chi connectivity index (χ1v) is 16.4. The molecule has 3 aromatic heterocycles. The zero-order chi connectivity index (χ0) is 33.8. The van der Waals surface area contributed by atoms with E-state index in [9.17, 15) is 14.7 Å². The molecule has 1 fully saturated rings. The number of hydrogen-bond donors (Lipinski definition) is 3. The van der Waals surface area contributed by atoms with Crippen molar-refractivity contribution < 1.29 is 14.7 Å². The van der Waals surface area contributed by atoms with Crippen molar-refractivity contribution in [2.24, 2.45) is 5.41 Å². The Bertz CT molecular complexity index is 2110. The van der Waals surface area contributed by atoms with Crippen LogP contribution in [0, 0.1) is 5.41 Å². The summed E-state index contributed by atoms with van der Waals surface area (Å²) in [6.07, 6.45) is 5.67. The molecule has 1 aliphatic rings. The fourth-order valence-corrected chi connectivity index (χ4v) is 6.88. The van der Waals surface area contributed by atoms with Crippen LogP contribution in [0.1, 0.15) is 34.3 Å². The highest BCUT2D eigenvalue weighted by Gasteiger charge is 2.41. The van der Waals surface area contributed by atoms with Crippen LogP contribution in [0.2, 0.25) is 0 Å². The number of pyridine rings is 2. The van der Waals surface area contributed by atoms with Crippen LogP contribution in [0.25, 0.3) is 39.5 Å². The minimum absolute atomic E-state index is 0.00339. The SMILES string of the molecule is Nc1ncccc1-c1nc2ccc(-c3ccccc3)nc2n1-c1ccc(CN2CC(CCNC=O)(CCc3ccc(O)c(C=O)c3)C2)cc1. The minimum atomic E-state index is -0.00339. The quantitative estimate of drug-likeness (QED) is 0.105. The number of phenols is 1. The Kier molecular flexibility index (Phi) is 8.87. The zero-order valence-electron chi connectivity index (χ0n) is 27.0. The molecule has 4 N–H and O–H groups in total. The molecule has 1 aliphatic heterocycles. The average molecular weight is 652 g/mol. The zero-order valence-corrected chi connectivity index (χ0v) is 27.0. The van der Waals surface area contributed by atoms with Crippen molar-refractivity contribution >= 4 is 29.7 Å². The Morgan fingerprint density at radius 3 is 2.43 bits per heavy atom. The molecule has 10 nitrogen and oxygen atoms in total. The van der Waals surface area contributed by atoms with Gasteiger partial charge in [0.15, 0.2) is 17.8 Å². The summed E-state index contributed by atoms with van der Waals surface area (Å²) >= 11 is 0. The van der Waals surface area contributed by atoms with Gasteiger partial charge in [0, 0.05) is 43.6 Å². The van der Waals surface area contributed by atoms with E-state index in [1.165, 1.54) is 5.56 Å². The van der Waals surface area contributed by atoms with Gasteiger partial charge < -0.3 is 16.2 Å². The van der Waals surface area contributed by atoms with Gasteiger partial charge in [-0.3, -0.25) is 19.1 Å². The molecule has 4 heterocycles. The molecule has 0 unspecified atom stereocenters. The van der Waals surface area contributed by atoms with Gasteiger partial charge in [-0.25, -0.2) is 15.0 Å². The van der Waals surface area contributed by atoms with E-state index in [1.54, 1.807) is 18.3 Å². The number of carbonyl (C=O) groups is 2. The Balaban J connectivity index is 1.12. The van der Waals surface area contributed by atoms with Crippen molar-refractivity contribution in [2.45, 2.75) is 25.8 Å². The third-order valence-corrected chi connectivity index (χ3v) is 9.42. The number of rotatable bonds is 13. The number of anilines is 1. The average Bonchev–Trinajstić information content (AvgIpc) is 3.50. The maximum absolute atomic E-state index is 11.3. The van der Waals surface area contributed by atoms with E-state index in [0.29, 0.717) is 30.0 Å². The number of aldehydes is 1. The smallest absolute Gasteiger partial charge is 0.207 e. The summed E-state index contributed by atoms with van der Waals surface area (Å²) in [7, 11) is 0. The summed E-state index contributed by atoms with van der Waals surface area (Å²) in [6.45, 7) is 3.21. The van der Waals surface area contributed by atoms with Crippen LogP contribution < -0.4 is 11.1 Å². The molecule has 0 aliphatic carbocycles. The van der Waals surface area contributed by atoms with Crippen LogP contribution >= 0.6 is 0 Å². The first-order valence-electron chi connectivity index (χ1n) is 16.4. The number of hydrogen-bond acceptors (Lipinski definition) is 8. The summed E-state index contributed by atoms with van der Waals surface area (Å²) in [5.41, 5.74) is 13.9. The number of amides is 1. The molecule has 3 aromatic carbocycles. The normalized spacial score (nSPS) is 14.0. The second-order valence-electron chi connectivity index (χ2n) is 12.8. The molecule has 0 atom stereocenters. The van der Waals surface area contributed by atoms with Crippen molar-refractivity contribution in [1.82, 2.24) is 29.7 Å². The molecule has 0 saturated carbocycles. The van der Waals surface area contributed by atoms with E-state index in [4.69, 9.17) is 15.7 Å². The first kappa shape index (κ1) is 31.7. The molecule has 1 saturated heterocycles. The van der Waals surface area contributed by atoms with Crippen molar-refractivity contribution in [3.8, 4) is 34.1 Å². The first-order chi connectivity index (χ1) is 23.9. The minimum Gasteiger partial charge on any atom is -0.507 e. The molecule has 0 radical (unpaired) electrons. The fourth-order valence-electron chi connectivity index (χ4n) is 6.88. The van der Waals surface area contributed by atoms with Crippen LogP contribution in [-0.2, 0) is 17.8 Å². The Morgan fingerprint density at radius 2 is 1.67 bits per heavy atom. The highest BCUT2D eigenvalue weighted by atomic mass is 16.3. The number of aryl methyl sites for hydroxylation is 1. The molecule has 1 amide bonds. The van der Waals surface area contributed by atoms with Gasteiger partial charge in [-0.1, -0.05) is 48.5 Å². The molecule has 0 bridgehead atoms. The van der Waals surface area contributed by atoms with Crippen LogP contribution in [0.3, 0.4) is 0 Å². The second-order valence-corrected chi connectivity index (χ2v) is 12.8. The molecule has 7 rings (SSSR count). The molecular weight excluding hydrogens is 614 g/mol. The fraction of sp³-hybridized carbons (Fsp3) is 0.205. The standard InChI is InChI=1S/C39H37N7O3/c40-36-32(7-4-19-42-36)37-44-34-14-13-33(29-5-2-1-3-6-29)43-38(34)46(37)31-11-8-28(9-12-31)22-45-24-39(25-45,18-20-41-26-48)17-16-27-10-15-35(49)30(21-27)23-47/h1-15,19,21,23,26,49H,16-18,20,22,24-25H2,(H2,40,42)(H,41,48). The lowest BCUT2D eigenvalue weighted by Gasteiger charge is -2.51. The highest BCUT2D eigenvalue weighted by molar-refractivity contribution is 5.84. The van der Waals surface area contributed by atoms with Crippen molar-refractivity contribution in [3.05, 3.63) is 120 Å². The largest absolute Gasteiger partial charge is 0.507 e. The third kappa shape index (κ3) is 6.63. The number of likely N-dealkylation sites (tertiary alicyclic amines) is 1. The predicted octanol–water partition coefficient (Wildman–Crippen LogP) is 5.82. The summed E-state index contributed by atoms with van der Waals surface area (Å²) in [5, 5.41) is 12.7. The number of imidazole rings is 1. The number of nitrogens with one attached hydrogen (secondary N) is 1.